The van der Waals surface area contributed by atoms with Gasteiger partial charge in [-0.1, -0.05) is 30.3 Å². The van der Waals surface area contributed by atoms with Crippen LogP contribution in [0.4, 0.5) is 5.82 Å². The number of benzene rings is 2. The van der Waals surface area contributed by atoms with E-state index in [1.807, 2.05) is 60.8 Å². The van der Waals surface area contributed by atoms with Gasteiger partial charge in [0.15, 0.2) is 0 Å². The number of carboxylic acid groups (broad SMARTS) is 1. The van der Waals surface area contributed by atoms with Gasteiger partial charge in [0.1, 0.15) is 29.3 Å². The lowest BCUT2D eigenvalue weighted by atomic mass is 9.80. The van der Waals surface area contributed by atoms with Crippen LogP contribution in [0.25, 0.3) is 22.2 Å². The summed E-state index contributed by atoms with van der Waals surface area (Å²) >= 11 is 0. The molecule has 0 unspecified atom stereocenters. The van der Waals surface area contributed by atoms with Crippen LogP contribution in [0, 0.1) is 0 Å². The predicted octanol–water partition coefficient (Wildman–Crippen LogP) is 4.79. The van der Waals surface area contributed by atoms with Gasteiger partial charge >= 0.3 is 5.97 Å². The van der Waals surface area contributed by atoms with Crippen LogP contribution in [-0.2, 0) is 4.79 Å². The highest BCUT2D eigenvalue weighted by Gasteiger charge is 2.36. The van der Waals surface area contributed by atoms with Gasteiger partial charge in [-0.05, 0) is 55.5 Å². The van der Waals surface area contributed by atoms with E-state index >= 15 is 0 Å². The van der Waals surface area contributed by atoms with Gasteiger partial charge in [0, 0.05) is 17.8 Å². The van der Waals surface area contributed by atoms with Gasteiger partial charge in [0.2, 0.25) is 0 Å². The number of carboxylic acids is 1. The van der Waals surface area contributed by atoms with Gasteiger partial charge in [-0.25, -0.2) is 9.97 Å². The first kappa shape index (κ1) is 21.9. The van der Waals surface area contributed by atoms with Gasteiger partial charge in [0.25, 0.3) is 0 Å². The molecule has 0 spiro atoms. The quantitative estimate of drug-likeness (QED) is 0.379. The number of para-hydroxylation sites is 1. The van der Waals surface area contributed by atoms with E-state index in [2.05, 4.69) is 14.5 Å². The second-order valence-electron chi connectivity index (χ2n) is 8.87. The third-order valence-electron chi connectivity index (χ3n) is 6.54. The summed E-state index contributed by atoms with van der Waals surface area (Å²) in [6.07, 6.45) is 5.41. The number of nitrogens with zero attached hydrogens (tertiary/aromatic N) is 3. The molecule has 8 heteroatoms. The minimum absolute atomic E-state index is 0.0836. The van der Waals surface area contributed by atoms with Gasteiger partial charge in [-0.2, -0.15) is 0 Å². The first-order valence-electron chi connectivity index (χ1n) is 11.3. The standard InChI is InChI=1S/C26H26N4O4/c27-24-23-21(17-6-8-20(9-7-17)34-19-4-2-1-3-5-19)15-30(25(23)29-16-28-24)18-10-12-26(33,13-11-18)14-22(31)32/h1-9,15-16,18,33H,10-14H2,(H,31,32)(H2,27,28,29). The normalized spacial score (nSPS) is 20.3. The highest BCUT2D eigenvalue weighted by molar-refractivity contribution is 6.00. The third-order valence-corrected chi connectivity index (χ3v) is 6.54. The smallest absolute Gasteiger partial charge is 0.306 e. The van der Waals surface area contributed by atoms with Crippen molar-refractivity contribution in [1.29, 1.82) is 0 Å². The van der Waals surface area contributed by atoms with Gasteiger partial charge in [-0.15, -0.1) is 0 Å². The average molecular weight is 459 g/mol. The fourth-order valence-corrected chi connectivity index (χ4v) is 4.81. The van der Waals surface area contributed by atoms with Crippen LogP contribution in [0.2, 0.25) is 0 Å². The molecule has 4 aromatic rings. The van der Waals surface area contributed by atoms with E-state index in [-0.39, 0.29) is 12.5 Å². The predicted molar refractivity (Wildman–Crippen MR) is 129 cm³/mol. The molecule has 0 radical (unpaired) electrons. The Kier molecular flexibility index (Phi) is 5.67. The molecule has 0 atom stereocenters. The summed E-state index contributed by atoms with van der Waals surface area (Å²) in [5, 5.41) is 20.5. The number of rotatable bonds is 6. The molecule has 0 amide bonds. The molecule has 2 heterocycles. The molecule has 1 aliphatic carbocycles. The summed E-state index contributed by atoms with van der Waals surface area (Å²) in [7, 11) is 0. The molecule has 5 rings (SSSR count). The number of carbonyl (C=O) groups is 1. The second-order valence-corrected chi connectivity index (χ2v) is 8.87. The van der Waals surface area contributed by atoms with Crippen molar-refractivity contribution in [3.63, 3.8) is 0 Å². The molecule has 1 aliphatic rings. The van der Waals surface area contributed by atoms with Crippen molar-refractivity contribution in [1.82, 2.24) is 14.5 Å². The van der Waals surface area contributed by atoms with Crippen LogP contribution < -0.4 is 10.5 Å². The van der Waals surface area contributed by atoms with Crippen molar-refractivity contribution in [2.75, 3.05) is 5.73 Å². The average Bonchev–Trinajstić information content (AvgIpc) is 3.21. The van der Waals surface area contributed by atoms with Gasteiger partial charge < -0.3 is 25.3 Å². The van der Waals surface area contributed by atoms with E-state index in [1.54, 1.807) is 0 Å². The summed E-state index contributed by atoms with van der Waals surface area (Å²) < 4.78 is 8.00. The number of hydrogen-bond acceptors (Lipinski definition) is 6. The van der Waals surface area contributed by atoms with Crippen LogP contribution in [-0.4, -0.2) is 36.3 Å². The topological polar surface area (TPSA) is 123 Å². The Morgan fingerprint density at radius 3 is 2.41 bits per heavy atom. The number of nitrogens with two attached hydrogens (primary N) is 1. The molecule has 1 saturated carbocycles. The number of anilines is 1. The number of aliphatic carboxylic acids is 1. The summed E-state index contributed by atoms with van der Waals surface area (Å²) in [6, 6.07) is 17.5. The van der Waals surface area contributed by atoms with E-state index in [9.17, 15) is 9.90 Å². The van der Waals surface area contributed by atoms with Crippen molar-refractivity contribution in [2.24, 2.45) is 0 Å². The highest BCUT2D eigenvalue weighted by atomic mass is 16.5. The van der Waals surface area contributed by atoms with Crippen molar-refractivity contribution < 1.29 is 19.7 Å². The summed E-state index contributed by atoms with van der Waals surface area (Å²) in [4.78, 5) is 19.8. The van der Waals surface area contributed by atoms with E-state index in [1.165, 1.54) is 6.33 Å². The Labute approximate surface area is 196 Å². The molecule has 2 aromatic heterocycles. The fourth-order valence-electron chi connectivity index (χ4n) is 4.81. The lowest BCUT2D eigenvalue weighted by Gasteiger charge is -2.35. The Bertz CT molecular complexity index is 1310. The van der Waals surface area contributed by atoms with Crippen molar-refractivity contribution in [2.45, 2.75) is 43.7 Å². The molecule has 0 aliphatic heterocycles. The number of ether oxygens (including phenoxy) is 1. The van der Waals surface area contributed by atoms with Crippen molar-refractivity contribution in [3.05, 3.63) is 67.1 Å². The number of nitrogen functional groups attached to an aromatic ring is 1. The molecule has 0 saturated heterocycles. The highest BCUT2D eigenvalue weighted by Crippen LogP contribution is 2.41. The first-order chi connectivity index (χ1) is 16.4. The second kappa shape index (κ2) is 8.79. The van der Waals surface area contributed by atoms with Gasteiger partial charge in [-0.3, -0.25) is 4.79 Å². The molecule has 8 nitrogen and oxygen atoms in total. The number of aliphatic hydroxyl groups is 1. The Hall–Kier alpha value is -3.91. The van der Waals surface area contributed by atoms with E-state index in [0.717, 1.165) is 33.7 Å². The van der Waals surface area contributed by atoms with Crippen LogP contribution in [0.5, 0.6) is 11.5 Å². The molecule has 34 heavy (non-hydrogen) atoms. The number of fused-ring (bicyclic) bond motifs is 1. The third kappa shape index (κ3) is 4.32. The summed E-state index contributed by atoms with van der Waals surface area (Å²) in [5.41, 5.74) is 7.74. The summed E-state index contributed by atoms with van der Waals surface area (Å²) in [5.74, 6) is 0.925. The first-order valence-corrected chi connectivity index (χ1v) is 11.3. The maximum atomic E-state index is 11.1. The molecule has 4 N–H and O–H groups in total. The van der Waals surface area contributed by atoms with Crippen LogP contribution in [0.15, 0.2) is 67.1 Å². The van der Waals surface area contributed by atoms with Crippen LogP contribution >= 0.6 is 0 Å². The maximum Gasteiger partial charge on any atom is 0.306 e. The Morgan fingerprint density at radius 2 is 1.74 bits per heavy atom. The van der Waals surface area contributed by atoms with Gasteiger partial charge in [0.05, 0.1) is 17.4 Å². The molecule has 2 aromatic carbocycles. The zero-order chi connectivity index (χ0) is 23.7. The van der Waals surface area contributed by atoms with E-state index in [0.29, 0.717) is 31.5 Å². The largest absolute Gasteiger partial charge is 0.481 e. The minimum atomic E-state index is -1.16. The van der Waals surface area contributed by atoms with Crippen molar-refractivity contribution in [3.8, 4) is 22.6 Å². The lowest BCUT2D eigenvalue weighted by Crippen LogP contribution is -2.36. The minimum Gasteiger partial charge on any atom is -0.481 e. The number of aromatic nitrogens is 3. The molecule has 0 bridgehead atoms. The molecular weight excluding hydrogens is 432 g/mol. The zero-order valence-corrected chi connectivity index (χ0v) is 18.6. The number of hydrogen-bond donors (Lipinski definition) is 3. The fraction of sp³-hybridized carbons (Fsp3) is 0.269. The van der Waals surface area contributed by atoms with Crippen LogP contribution in [0.1, 0.15) is 38.1 Å². The van der Waals surface area contributed by atoms with Crippen molar-refractivity contribution >= 4 is 22.8 Å². The lowest BCUT2D eigenvalue weighted by molar-refractivity contribution is -0.144. The van der Waals surface area contributed by atoms with E-state index < -0.39 is 11.6 Å². The van der Waals surface area contributed by atoms with Crippen LogP contribution in [0.3, 0.4) is 0 Å². The molecule has 1 fully saturated rings. The Morgan fingerprint density at radius 1 is 1.06 bits per heavy atom. The maximum absolute atomic E-state index is 11.1. The summed E-state index contributed by atoms with van der Waals surface area (Å²) in [6.45, 7) is 0. The SMILES string of the molecule is Nc1ncnc2c1c(-c1ccc(Oc3ccccc3)cc1)cn2C1CCC(O)(CC(=O)O)CC1. The monoisotopic (exact) mass is 458 g/mol. The van der Waals surface area contributed by atoms with E-state index in [4.69, 9.17) is 15.6 Å². The zero-order valence-electron chi connectivity index (χ0n) is 18.6. The molecule has 174 valence electrons. The molecular formula is C26H26N4O4. The Balaban J connectivity index is 1.45.